The molecule has 0 amide bonds. The van der Waals surface area contributed by atoms with Crippen molar-refractivity contribution in [3.8, 4) is 0 Å². The van der Waals surface area contributed by atoms with Gasteiger partial charge in [0.05, 0.1) is 0 Å². The summed E-state index contributed by atoms with van der Waals surface area (Å²) >= 11 is 3.29. The maximum atomic E-state index is 5.34. The Bertz CT molecular complexity index is 149. The van der Waals surface area contributed by atoms with Crippen LogP contribution >= 0.6 is 15.9 Å². The molecule has 2 radical (unpaired) electrons. The molecule has 1 saturated carbocycles. The molecule has 1 rings (SSSR count). The zero-order valence-corrected chi connectivity index (χ0v) is 10.0. The van der Waals surface area contributed by atoms with E-state index < -0.39 is 0 Å². The lowest BCUT2D eigenvalue weighted by Gasteiger charge is -1.98. The lowest BCUT2D eigenvalue weighted by atomic mass is 10.2. The third kappa shape index (κ3) is 3.87. The van der Waals surface area contributed by atoms with Crippen LogP contribution in [0.1, 0.15) is 19.3 Å². The van der Waals surface area contributed by atoms with Crippen molar-refractivity contribution < 1.29 is 4.43 Å². The number of rotatable bonds is 6. The topological polar surface area (TPSA) is 9.23 Å². The first-order valence-electron chi connectivity index (χ1n) is 4.42. The molecular weight excluding hydrogens is 232 g/mol. The summed E-state index contributed by atoms with van der Waals surface area (Å²) < 4.78 is 5.34. The second-order valence-electron chi connectivity index (χ2n) is 3.19. The molecule has 0 N–H and O–H groups in total. The van der Waals surface area contributed by atoms with E-state index >= 15 is 0 Å². The quantitative estimate of drug-likeness (QED) is 0.518. The fraction of sp³-hybridized carbons (Fsp3) is 0.778. The first kappa shape index (κ1) is 10.5. The normalized spacial score (nSPS) is 28.2. The van der Waals surface area contributed by atoms with E-state index in [0.29, 0.717) is 9.76 Å². The molecule has 3 heteroatoms. The molecule has 0 spiro atoms. The molecule has 12 heavy (non-hydrogen) atoms. The van der Waals surface area contributed by atoms with Crippen molar-refractivity contribution in [1.29, 1.82) is 0 Å². The third-order valence-corrected chi connectivity index (χ3v) is 3.20. The molecule has 0 unspecified atom stereocenters. The van der Waals surface area contributed by atoms with Gasteiger partial charge in [-0.1, -0.05) is 22.0 Å². The van der Waals surface area contributed by atoms with Gasteiger partial charge in [0.25, 0.3) is 0 Å². The summed E-state index contributed by atoms with van der Waals surface area (Å²) in [6, 6.07) is 0. The summed E-state index contributed by atoms with van der Waals surface area (Å²) in [7, 11) is 0.657. The molecule has 1 nitrogen and oxygen atoms in total. The van der Waals surface area contributed by atoms with E-state index in [-0.39, 0.29) is 0 Å². The van der Waals surface area contributed by atoms with Gasteiger partial charge in [-0.2, -0.15) is 0 Å². The summed E-state index contributed by atoms with van der Waals surface area (Å²) in [5.41, 5.74) is 0. The van der Waals surface area contributed by atoms with Crippen molar-refractivity contribution >= 4 is 25.7 Å². The Labute approximate surface area is 85.6 Å². The van der Waals surface area contributed by atoms with Crippen molar-refractivity contribution in [3.63, 3.8) is 0 Å². The van der Waals surface area contributed by atoms with Crippen LogP contribution in [0.3, 0.4) is 0 Å². The summed E-state index contributed by atoms with van der Waals surface area (Å²) in [6.45, 7) is 3.05. The molecule has 68 valence electrons. The Morgan fingerprint density at radius 1 is 1.58 bits per heavy atom. The van der Waals surface area contributed by atoms with E-state index in [1.165, 1.54) is 19.3 Å². The molecule has 1 fully saturated rings. The Balaban J connectivity index is 1.93. The lowest BCUT2D eigenvalue weighted by molar-refractivity contribution is 0.317. The summed E-state index contributed by atoms with van der Waals surface area (Å²) in [5, 5.41) is 0. The maximum absolute atomic E-state index is 5.34. The van der Waals surface area contributed by atoms with Crippen LogP contribution in [-0.2, 0) is 4.43 Å². The van der Waals surface area contributed by atoms with Gasteiger partial charge in [0.2, 0.25) is 9.76 Å². The molecule has 0 bridgehead atoms. The highest BCUT2D eigenvalue weighted by atomic mass is 79.9. The first-order chi connectivity index (χ1) is 5.88. The Hall–Kier alpha value is 0.397. The van der Waals surface area contributed by atoms with E-state index in [1.54, 1.807) is 0 Å². The Kier molecular flexibility index (Phi) is 5.19. The smallest absolute Gasteiger partial charge is 0.226 e. The van der Waals surface area contributed by atoms with Crippen molar-refractivity contribution in [2.75, 3.05) is 6.61 Å². The van der Waals surface area contributed by atoms with Crippen LogP contribution < -0.4 is 0 Å². The second kappa shape index (κ2) is 5.94. The molecule has 0 saturated heterocycles. The number of hydrogen-bond acceptors (Lipinski definition) is 1. The van der Waals surface area contributed by atoms with Gasteiger partial charge in [-0.15, -0.1) is 0 Å². The van der Waals surface area contributed by atoms with Crippen LogP contribution in [0.15, 0.2) is 11.1 Å². The van der Waals surface area contributed by atoms with Crippen molar-refractivity contribution in [3.05, 3.63) is 11.1 Å². The van der Waals surface area contributed by atoms with Gasteiger partial charge in [0, 0.05) is 6.61 Å². The molecule has 1 aliphatic rings. The lowest BCUT2D eigenvalue weighted by Crippen LogP contribution is -1.97. The summed E-state index contributed by atoms with van der Waals surface area (Å²) in [6.07, 6.45) is 6.12. The zero-order chi connectivity index (χ0) is 8.81. The number of allylic oxidation sites excluding steroid dienone is 1. The maximum Gasteiger partial charge on any atom is 0.226 e. The molecule has 2 atom stereocenters. The Morgan fingerprint density at radius 3 is 3.08 bits per heavy atom. The SMILES string of the molecule is C[Si]OCC[C@@H]1C[C@H]1C/C=C\Br. The monoisotopic (exact) mass is 246 g/mol. The molecular formula is C9H15BrOSi. The highest BCUT2D eigenvalue weighted by Crippen LogP contribution is 2.43. The highest BCUT2D eigenvalue weighted by molar-refractivity contribution is 9.11. The highest BCUT2D eigenvalue weighted by Gasteiger charge is 2.34. The van der Waals surface area contributed by atoms with Gasteiger partial charge in [0.1, 0.15) is 0 Å². The van der Waals surface area contributed by atoms with E-state index in [2.05, 4.69) is 28.6 Å². The van der Waals surface area contributed by atoms with Crippen LogP contribution in [0.25, 0.3) is 0 Å². The average Bonchev–Trinajstić information content (AvgIpc) is 2.81. The number of hydrogen-bond donors (Lipinski definition) is 0. The van der Waals surface area contributed by atoms with Gasteiger partial charge in [-0.3, -0.25) is 0 Å². The molecule has 0 aromatic heterocycles. The largest absolute Gasteiger partial charge is 0.418 e. The average molecular weight is 247 g/mol. The van der Waals surface area contributed by atoms with Crippen molar-refractivity contribution in [2.24, 2.45) is 11.8 Å². The minimum absolute atomic E-state index is 0.657. The van der Waals surface area contributed by atoms with E-state index in [9.17, 15) is 0 Å². The first-order valence-corrected chi connectivity index (χ1v) is 6.74. The van der Waals surface area contributed by atoms with Crippen LogP contribution in [0.2, 0.25) is 6.55 Å². The Morgan fingerprint density at radius 2 is 2.42 bits per heavy atom. The van der Waals surface area contributed by atoms with E-state index in [4.69, 9.17) is 4.43 Å². The van der Waals surface area contributed by atoms with E-state index in [0.717, 1.165) is 18.4 Å². The van der Waals surface area contributed by atoms with Gasteiger partial charge in [-0.05, 0) is 42.6 Å². The summed E-state index contributed by atoms with van der Waals surface area (Å²) in [4.78, 5) is 1.96. The minimum Gasteiger partial charge on any atom is -0.418 e. The predicted octanol–water partition coefficient (Wildman–Crippen LogP) is 3.00. The van der Waals surface area contributed by atoms with Crippen LogP contribution in [0.4, 0.5) is 0 Å². The van der Waals surface area contributed by atoms with Crippen molar-refractivity contribution in [2.45, 2.75) is 25.8 Å². The molecule has 0 heterocycles. The fourth-order valence-corrected chi connectivity index (χ4v) is 2.03. The summed E-state index contributed by atoms with van der Waals surface area (Å²) in [5.74, 6) is 1.90. The predicted molar refractivity (Wildman–Crippen MR) is 56.5 cm³/mol. The fourth-order valence-electron chi connectivity index (χ4n) is 1.49. The second-order valence-corrected chi connectivity index (χ2v) is 4.42. The van der Waals surface area contributed by atoms with E-state index in [1.807, 2.05) is 4.99 Å². The van der Waals surface area contributed by atoms with Crippen molar-refractivity contribution in [1.82, 2.24) is 0 Å². The van der Waals surface area contributed by atoms with Gasteiger partial charge < -0.3 is 4.43 Å². The van der Waals surface area contributed by atoms with Gasteiger partial charge >= 0.3 is 0 Å². The molecule has 0 aromatic carbocycles. The zero-order valence-electron chi connectivity index (χ0n) is 7.42. The third-order valence-electron chi connectivity index (χ3n) is 2.33. The molecule has 1 aliphatic carbocycles. The minimum atomic E-state index is 0.657. The standard InChI is InChI=1S/C9H15BrOSi/c1-12-11-6-4-9-7-8(9)3-2-5-10/h2,5,8-9H,3-4,6-7H2,1H3/b5-2-/t8-,9-/m1/s1. The molecule has 0 aliphatic heterocycles. The van der Waals surface area contributed by atoms with Gasteiger partial charge in [0.15, 0.2) is 0 Å². The number of halogens is 1. The van der Waals surface area contributed by atoms with Crippen LogP contribution in [0.5, 0.6) is 0 Å². The van der Waals surface area contributed by atoms with Crippen LogP contribution in [-0.4, -0.2) is 16.4 Å². The van der Waals surface area contributed by atoms with Crippen LogP contribution in [0, 0.1) is 11.8 Å². The van der Waals surface area contributed by atoms with Gasteiger partial charge in [-0.25, -0.2) is 0 Å². The molecule has 0 aromatic rings.